The summed E-state index contributed by atoms with van der Waals surface area (Å²) in [5.74, 6) is 0.0610. The van der Waals surface area contributed by atoms with Gasteiger partial charge in [0.2, 0.25) is 0 Å². The standard InChI is InChI=1S/C13H12F3NOS/c1-8(2)11-7-19-12(17-11)9-4-3-5-10(6-9)18-13(14,15)16/h3-8H,1-2H3. The molecule has 0 aliphatic heterocycles. The van der Waals surface area contributed by atoms with E-state index in [0.717, 1.165) is 5.69 Å². The van der Waals surface area contributed by atoms with Crippen LogP contribution < -0.4 is 4.74 Å². The van der Waals surface area contributed by atoms with Crippen molar-refractivity contribution in [2.45, 2.75) is 26.1 Å². The van der Waals surface area contributed by atoms with Crippen molar-refractivity contribution in [3.05, 3.63) is 35.3 Å². The third-order valence-corrected chi connectivity index (χ3v) is 3.34. The highest BCUT2D eigenvalue weighted by molar-refractivity contribution is 7.13. The zero-order valence-electron chi connectivity index (χ0n) is 10.4. The molecule has 19 heavy (non-hydrogen) atoms. The van der Waals surface area contributed by atoms with Gasteiger partial charge in [0.25, 0.3) is 0 Å². The molecule has 0 saturated heterocycles. The van der Waals surface area contributed by atoms with Crippen molar-refractivity contribution in [1.82, 2.24) is 4.98 Å². The van der Waals surface area contributed by atoms with Crippen LogP contribution in [0.25, 0.3) is 10.6 Å². The Balaban J connectivity index is 2.27. The smallest absolute Gasteiger partial charge is 0.406 e. The molecule has 102 valence electrons. The maximum atomic E-state index is 12.2. The normalized spacial score (nSPS) is 11.9. The molecule has 0 atom stereocenters. The van der Waals surface area contributed by atoms with Crippen LogP contribution in [0.4, 0.5) is 13.2 Å². The number of hydrogen-bond acceptors (Lipinski definition) is 3. The van der Waals surface area contributed by atoms with Gasteiger partial charge in [-0.05, 0) is 18.1 Å². The number of nitrogens with zero attached hydrogens (tertiary/aromatic N) is 1. The SMILES string of the molecule is CC(C)c1csc(-c2cccc(OC(F)(F)F)c2)n1. The number of ether oxygens (including phenoxy) is 1. The van der Waals surface area contributed by atoms with Gasteiger partial charge in [-0.2, -0.15) is 0 Å². The molecular weight excluding hydrogens is 275 g/mol. The fraction of sp³-hybridized carbons (Fsp3) is 0.308. The highest BCUT2D eigenvalue weighted by Gasteiger charge is 2.31. The Kier molecular flexibility index (Phi) is 3.80. The molecule has 0 N–H and O–H groups in total. The zero-order valence-corrected chi connectivity index (χ0v) is 11.2. The minimum Gasteiger partial charge on any atom is -0.406 e. The lowest BCUT2D eigenvalue weighted by Gasteiger charge is -2.09. The molecule has 2 nitrogen and oxygen atoms in total. The van der Waals surface area contributed by atoms with Crippen molar-refractivity contribution in [2.75, 3.05) is 0 Å². The summed E-state index contributed by atoms with van der Waals surface area (Å²) in [4.78, 5) is 4.40. The molecule has 0 saturated carbocycles. The van der Waals surface area contributed by atoms with Gasteiger partial charge < -0.3 is 4.74 Å². The molecule has 1 heterocycles. The molecule has 2 aromatic rings. The number of benzene rings is 1. The average molecular weight is 287 g/mol. The predicted octanol–water partition coefficient (Wildman–Crippen LogP) is 4.83. The van der Waals surface area contributed by atoms with E-state index in [-0.39, 0.29) is 5.75 Å². The molecule has 1 aromatic carbocycles. The van der Waals surface area contributed by atoms with Crippen molar-refractivity contribution in [1.29, 1.82) is 0 Å². The average Bonchev–Trinajstić information content (AvgIpc) is 2.76. The number of alkyl halides is 3. The minimum absolute atomic E-state index is 0.230. The van der Waals surface area contributed by atoms with Gasteiger partial charge in [0.1, 0.15) is 10.8 Å². The van der Waals surface area contributed by atoms with Crippen LogP contribution >= 0.6 is 11.3 Å². The second-order valence-corrected chi connectivity index (χ2v) is 5.17. The first-order valence-corrected chi connectivity index (χ1v) is 6.55. The quantitative estimate of drug-likeness (QED) is 0.806. The van der Waals surface area contributed by atoms with Gasteiger partial charge >= 0.3 is 6.36 Å². The lowest BCUT2D eigenvalue weighted by atomic mass is 10.1. The van der Waals surface area contributed by atoms with Gasteiger partial charge in [-0.25, -0.2) is 4.98 Å². The van der Waals surface area contributed by atoms with Crippen LogP contribution in [0.5, 0.6) is 5.75 Å². The molecule has 0 aliphatic carbocycles. The first-order chi connectivity index (χ1) is 8.85. The number of hydrogen-bond donors (Lipinski definition) is 0. The first kappa shape index (κ1) is 13.9. The van der Waals surface area contributed by atoms with Crippen molar-refractivity contribution in [3.8, 4) is 16.3 Å². The Labute approximate surface area is 112 Å². The zero-order chi connectivity index (χ0) is 14.0. The van der Waals surface area contributed by atoms with E-state index < -0.39 is 6.36 Å². The van der Waals surface area contributed by atoms with E-state index in [0.29, 0.717) is 16.5 Å². The van der Waals surface area contributed by atoms with E-state index in [1.165, 1.54) is 29.5 Å². The Bertz CT molecular complexity index is 563. The fourth-order valence-corrected chi connectivity index (χ4v) is 2.49. The monoisotopic (exact) mass is 287 g/mol. The molecular formula is C13H12F3NOS. The summed E-state index contributed by atoms with van der Waals surface area (Å²) in [6, 6.07) is 5.85. The largest absolute Gasteiger partial charge is 0.573 e. The molecule has 0 spiro atoms. The summed E-state index contributed by atoms with van der Waals surface area (Å²) in [5.41, 5.74) is 1.56. The number of halogens is 3. The third-order valence-electron chi connectivity index (χ3n) is 2.43. The van der Waals surface area contributed by atoms with Crippen molar-refractivity contribution < 1.29 is 17.9 Å². The van der Waals surface area contributed by atoms with Gasteiger partial charge in [0, 0.05) is 10.9 Å². The lowest BCUT2D eigenvalue weighted by Crippen LogP contribution is -2.17. The van der Waals surface area contributed by atoms with Crippen LogP contribution in [0.1, 0.15) is 25.5 Å². The van der Waals surface area contributed by atoms with E-state index in [2.05, 4.69) is 9.72 Å². The van der Waals surface area contributed by atoms with Gasteiger partial charge in [0.15, 0.2) is 0 Å². The van der Waals surface area contributed by atoms with Crippen LogP contribution in [0.3, 0.4) is 0 Å². The molecule has 0 bridgehead atoms. The molecule has 2 rings (SSSR count). The molecule has 0 radical (unpaired) electrons. The molecule has 6 heteroatoms. The van der Waals surface area contributed by atoms with Crippen LogP contribution in [-0.2, 0) is 0 Å². The summed E-state index contributed by atoms with van der Waals surface area (Å²) >= 11 is 1.41. The summed E-state index contributed by atoms with van der Waals surface area (Å²) in [7, 11) is 0. The molecule has 0 aliphatic rings. The molecule has 0 unspecified atom stereocenters. The second-order valence-electron chi connectivity index (χ2n) is 4.31. The van der Waals surface area contributed by atoms with E-state index >= 15 is 0 Å². The highest BCUT2D eigenvalue weighted by atomic mass is 32.1. The summed E-state index contributed by atoms with van der Waals surface area (Å²) in [6.07, 6.45) is -4.68. The second kappa shape index (κ2) is 5.21. The van der Waals surface area contributed by atoms with E-state index in [1.807, 2.05) is 19.2 Å². The Hall–Kier alpha value is -1.56. The Morgan fingerprint density at radius 1 is 1.26 bits per heavy atom. The van der Waals surface area contributed by atoms with Gasteiger partial charge in [0.05, 0.1) is 5.69 Å². The van der Waals surface area contributed by atoms with E-state index in [9.17, 15) is 13.2 Å². The van der Waals surface area contributed by atoms with Crippen LogP contribution in [0.2, 0.25) is 0 Å². The molecule has 0 fully saturated rings. The van der Waals surface area contributed by atoms with Crippen molar-refractivity contribution in [3.63, 3.8) is 0 Å². The first-order valence-electron chi connectivity index (χ1n) is 5.67. The van der Waals surface area contributed by atoms with Crippen molar-refractivity contribution >= 4 is 11.3 Å². The van der Waals surface area contributed by atoms with E-state index in [4.69, 9.17) is 0 Å². The summed E-state index contributed by atoms with van der Waals surface area (Å²) in [6.45, 7) is 4.03. The maximum Gasteiger partial charge on any atom is 0.573 e. The van der Waals surface area contributed by atoms with Gasteiger partial charge in [-0.1, -0.05) is 26.0 Å². The topological polar surface area (TPSA) is 22.1 Å². The Morgan fingerprint density at radius 2 is 2.00 bits per heavy atom. The Morgan fingerprint density at radius 3 is 2.58 bits per heavy atom. The van der Waals surface area contributed by atoms with Crippen LogP contribution in [0, 0.1) is 0 Å². The summed E-state index contributed by atoms with van der Waals surface area (Å²) < 4.78 is 40.3. The third kappa shape index (κ3) is 3.70. The number of rotatable bonds is 3. The van der Waals surface area contributed by atoms with Crippen molar-refractivity contribution in [2.24, 2.45) is 0 Å². The van der Waals surface area contributed by atoms with Gasteiger partial charge in [-0.15, -0.1) is 24.5 Å². The molecule has 0 amide bonds. The lowest BCUT2D eigenvalue weighted by molar-refractivity contribution is -0.274. The highest BCUT2D eigenvalue weighted by Crippen LogP contribution is 2.31. The summed E-state index contributed by atoms with van der Waals surface area (Å²) in [5, 5.41) is 2.61. The van der Waals surface area contributed by atoms with E-state index in [1.54, 1.807) is 6.07 Å². The number of thiazole rings is 1. The number of aromatic nitrogens is 1. The van der Waals surface area contributed by atoms with Crippen LogP contribution in [-0.4, -0.2) is 11.3 Å². The fourth-order valence-electron chi connectivity index (χ4n) is 1.51. The van der Waals surface area contributed by atoms with Crippen LogP contribution in [0.15, 0.2) is 29.6 Å². The van der Waals surface area contributed by atoms with Gasteiger partial charge in [-0.3, -0.25) is 0 Å². The molecule has 1 aromatic heterocycles. The minimum atomic E-state index is -4.68. The maximum absolute atomic E-state index is 12.2. The predicted molar refractivity (Wildman–Crippen MR) is 68.3 cm³/mol.